The number of amides is 1. The predicted molar refractivity (Wildman–Crippen MR) is 78.6 cm³/mol. The van der Waals surface area contributed by atoms with Crippen molar-refractivity contribution in [2.24, 2.45) is 0 Å². The molecule has 2 rings (SSSR count). The number of anilines is 1. The monoisotopic (exact) mass is 285 g/mol. The summed E-state index contributed by atoms with van der Waals surface area (Å²) in [7, 11) is 1.28. The SMILES string of the molecule is COC(=O)c1cc(C)ccc1NC(=O)c1cccc(O)c1. The molecule has 0 spiro atoms. The number of benzene rings is 2. The molecule has 1 amide bonds. The minimum atomic E-state index is -0.523. The number of carbonyl (C=O) groups is 2. The van der Waals surface area contributed by atoms with E-state index in [1.165, 1.54) is 19.2 Å². The van der Waals surface area contributed by atoms with Gasteiger partial charge < -0.3 is 15.2 Å². The summed E-state index contributed by atoms with van der Waals surface area (Å²) in [6.45, 7) is 1.84. The van der Waals surface area contributed by atoms with Crippen LogP contribution in [0.5, 0.6) is 5.75 Å². The van der Waals surface area contributed by atoms with Gasteiger partial charge in [0.05, 0.1) is 18.4 Å². The van der Waals surface area contributed by atoms with Gasteiger partial charge in [-0.25, -0.2) is 4.79 Å². The number of rotatable bonds is 3. The number of hydrogen-bond acceptors (Lipinski definition) is 4. The maximum Gasteiger partial charge on any atom is 0.339 e. The Morgan fingerprint density at radius 2 is 1.90 bits per heavy atom. The van der Waals surface area contributed by atoms with Crippen LogP contribution >= 0.6 is 0 Å². The van der Waals surface area contributed by atoms with E-state index >= 15 is 0 Å². The standard InChI is InChI=1S/C16H15NO4/c1-10-6-7-14(13(8-10)16(20)21-2)17-15(19)11-4-3-5-12(18)9-11/h3-9,18H,1-2H3,(H,17,19). The summed E-state index contributed by atoms with van der Waals surface area (Å²) in [5.41, 5.74) is 1.82. The Hall–Kier alpha value is -2.82. The lowest BCUT2D eigenvalue weighted by Crippen LogP contribution is -2.15. The van der Waals surface area contributed by atoms with E-state index in [1.807, 2.05) is 6.92 Å². The van der Waals surface area contributed by atoms with Gasteiger partial charge >= 0.3 is 5.97 Å². The van der Waals surface area contributed by atoms with Gasteiger partial charge in [-0.05, 0) is 37.3 Å². The zero-order chi connectivity index (χ0) is 15.4. The van der Waals surface area contributed by atoms with Crippen molar-refractivity contribution in [3.8, 4) is 5.75 Å². The lowest BCUT2D eigenvalue weighted by Gasteiger charge is -2.11. The maximum absolute atomic E-state index is 12.1. The van der Waals surface area contributed by atoms with Crippen molar-refractivity contribution in [2.45, 2.75) is 6.92 Å². The summed E-state index contributed by atoms with van der Waals surface area (Å²) in [5.74, 6) is -0.940. The molecule has 2 aromatic carbocycles. The number of hydrogen-bond donors (Lipinski definition) is 2. The second kappa shape index (κ2) is 6.09. The fraction of sp³-hybridized carbons (Fsp3) is 0.125. The summed E-state index contributed by atoms with van der Waals surface area (Å²) < 4.78 is 4.71. The van der Waals surface area contributed by atoms with Gasteiger partial charge in [0.2, 0.25) is 0 Å². The Morgan fingerprint density at radius 3 is 2.57 bits per heavy atom. The van der Waals surface area contributed by atoms with Crippen LogP contribution < -0.4 is 5.32 Å². The molecule has 21 heavy (non-hydrogen) atoms. The van der Waals surface area contributed by atoms with Gasteiger partial charge in [0.1, 0.15) is 5.75 Å². The van der Waals surface area contributed by atoms with Gasteiger partial charge in [0.25, 0.3) is 5.91 Å². The molecule has 0 radical (unpaired) electrons. The third-order valence-electron chi connectivity index (χ3n) is 2.94. The van der Waals surface area contributed by atoms with Crippen molar-refractivity contribution < 1.29 is 19.4 Å². The molecule has 2 N–H and O–H groups in total. The molecule has 2 aromatic rings. The van der Waals surface area contributed by atoms with Crippen LogP contribution in [-0.2, 0) is 4.74 Å². The summed E-state index contributed by atoms with van der Waals surface area (Å²) in [6, 6.07) is 11.0. The molecular weight excluding hydrogens is 270 g/mol. The smallest absolute Gasteiger partial charge is 0.339 e. The minimum Gasteiger partial charge on any atom is -0.508 e. The second-order valence-corrected chi connectivity index (χ2v) is 4.55. The van der Waals surface area contributed by atoms with E-state index in [1.54, 1.807) is 30.3 Å². The highest BCUT2D eigenvalue weighted by Crippen LogP contribution is 2.20. The van der Waals surface area contributed by atoms with Crippen LogP contribution in [0.1, 0.15) is 26.3 Å². The van der Waals surface area contributed by atoms with E-state index in [0.717, 1.165) is 5.56 Å². The Labute approximate surface area is 122 Å². The van der Waals surface area contributed by atoms with Crippen molar-refractivity contribution in [1.29, 1.82) is 0 Å². The molecule has 0 aliphatic carbocycles. The maximum atomic E-state index is 12.1. The van der Waals surface area contributed by atoms with Crippen LogP contribution in [0.25, 0.3) is 0 Å². The fourth-order valence-electron chi connectivity index (χ4n) is 1.89. The van der Waals surface area contributed by atoms with E-state index in [-0.39, 0.29) is 11.3 Å². The Balaban J connectivity index is 2.31. The first-order valence-electron chi connectivity index (χ1n) is 6.30. The van der Waals surface area contributed by atoms with Crippen LogP contribution in [-0.4, -0.2) is 24.1 Å². The lowest BCUT2D eigenvalue weighted by molar-refractivity contribution is 0.0602. The largest absolute Gasteiger partial charge is 0.508 e. The Bertz CT molecular complexity index is 694. The molecule has 108 valence electrons. The fourth-order valence-corrected chi connectivity index (χ4v) is 1.89. The normalized spacial score (nSPS) is 10.0. The van der Waals surface area contributed by atoms with Crippen molar-refractivity contribution in [2.75, 3.05) is 12.4 Å². The highest BCUT2D eigenvalue weighted by atomic mass is 16.5. The number of phenols is 1. The number of methoxy groups -OCH3 is 1. The summed E-state index contributed by atoms with van der Waals surface area (Å²) >= 11 is 0. The number of ether oxygens (including phenoxy) is 1. The highest BCUT2D eigenvalue weighted by molar-refractivity contribution is 6.08. The summed E-state index contributed by atoms with van der Waals surface area (Å²) in [4.78, 5) is 23.9. The van der Waals surface area contributed by atoms with Gasteiger partial charge in [-0.3, -0.25) is 4.79 Å². The van der Waals surface area contributed by atoms with Gasteiger partial charge in [-0.2, -0.15) is 0 Å². The number of esters is 1. The van der Waals surface area contributed by atoms with Crippen molar-refractivity contribution in [3.63, 3.8) is 0 Å². The third-order valence-corrected chi connectivity index (χ3v) is 2.94. The second-order valence-electron chi connectivity index (χ2n) is 4.55. The summed E-state index contributed by atoms with van der Waals surface area (Å²) in [5, 5.41) is 12.0. The molecule has 0 aliphatic heterocycles. The predicted octanol–water partition coefficient (Wildman–Crippen LogP) is 2.74. The van der Waals surface area contributed by atoms with Crippen LogP contribution in [0.4, 0.5) is 5.69 Å². The molecule has 0 fully saturated rings. The van der Waals surface area contributed by atoms with Crippen LogP contribution in [0.3, 0.4) is 0 Å². The summed E-state index contributed by atoms with van der Waals surface area (Å²) in [6.07, 6.45) is 0. The first-order chi connectivity index (χ1) is 10.0. The van der Waals surface area contributed by atoms with E-state index in [9.17, 15) is 14.7 Å². The molecule has 0 saturated heterocycles. The molecule has 0 bridgehead atoms. The highest BCUT2D eigenvalue weighted by Gasteiger charge is 2.15. The number of aryl methyl sites for hydroxylation is 1. The topological polar surface area (TPSA) is 75.6 Å². The average Bonchev–Trinajstić information content (AvgIpc) is 2.48. The van der Waals surface area contributed by atoms with Gasteiger partial charge in [0, 0.05) is 5.56 Å². The molecule has 0 heterocycles. The molecule has 0 saturated carbocycles. The van der Waals surface area contributed by atoms with Gasteiger partial charge in [-0.1, -0.05) is 17.7 Å². The zero-order valence-corrected chi connectivity index (χ0v) is 11.7. The number of aromatic hydroxyl groups is 1. The van der Waals surface area contributed by atoms with Crippen molar-refractivity contribution >= 4 is 17.6 Å². The van der Waals surface area contributed by atoms with Crippen LogP contribution in [0.2, 0.25) is 0 Å². The third kappa shape index (κ3) is 3.39. The van der Waals surface area contributed by atoms with E-state index in [4.69, 9.17) is 4.74 Å². The van der Waals surface area contributed by atoms with Crippen LogP contribution in [0.15, 0.2) is 42.5 Å². The van der Waals surface area contributed by atoms with E-state index in [2.05, 4.69) is 5.32 Å². The molecule has 0 atom stereocenters. The van der Waals surface area contributed by atoms with Gasteiger partial charge in [0.15, 0.2) is 0 Å². The first-order valence-corrected chi connectivity index (χ1v) is 6.30. The quantitative estimate of drug-likeness (QED) is 0.850. The Morgan fingerprint density at radius 1 is 1.14 bits per heavy atom. The Kier molecular flexibility index (Phi) is 4.23. The lowest BCUT2D eigenvalue weighted by atomic mass is 10.1. The molecular formula is C16H15NO4. The molecule has 0 aliphatic rings. The zero-order valence-electron chi connectivity index (χ0n) is 11.7. The van der Waals surface area contributed by atoms with E-state index in [0.29, 0.717) is 11.3 Å². The molecule has 0 unspecified atom stereocenters. The average molecular weight is 285 g/mol. The van der Waals surface area contributed by atoms with Crippen LogP contribution in [0, 0.1) is 6.92 Å². The molecule has 5 heteroatoms. The van der Waals surface area contributed by atoms with E-state index < -0.39 is 11.9 Å². The first kappa shape index (κ1) is 14.6. The molecule has 0 aromatic heterocycles. The molecule has 5 nitrogen and oxygen atoms in total. The minimum absolute atomic E-state index is 0.000234. The van der Waals surface area contributed by atoms with Crippen molar-refractivity contribution in [3.05, 3.63) is 59.2 Å². The van der Waals surface area contributed by atoms with Gasteiger partial charge in [-0.15, -0.1) is 0 Å². The van der Waals surface area contributed by atoms with Crippen molar-refractivity contribution in [1.82, 2.24) is 0 Å². The number of phenolic OH excluding ortho intramolecular Hbond substituents is 1. The number of nitrogens with one attached hydrogen (secondary N) is 1. The number of carbonyl (C=O) groups excluding carboxylic acids is 2.